The van der Waals surface area contributed by atoms with Crippen molar-refractivity contribution in [3.63, 3.8) is 0 Å². The van der Waals surface area contributed by atoms with Crippen LogP contribution in [0.1, 0.15) is 43.0 Å². The van der Waals surface area contributed by atoms with Crippen LogP contribution in [-0.4, -0.2) is 51.4 Å². The number of thioether (sulfide) groups is 1. The molecule has 0 fully saturated rings. The lowest BCUT2D eigenvalue weighted by molar-refractivity contribution is -0.132. The highest BCUT2D eigenvalue weighted by Crippen LogP contribution is 2.23. The molecule has 1 aromatic heterocycles. The van der Waals surface area contributed by atoms with E-state index in [4.69, 9.17) is 0 Å². The zero-order valence-corrected chi connectivity index (χ0v) is 26.4. The molecular formula is C35H41FN4O2S. The van der Waals surface area contributed by atoms with Crippen molar-refractivity contribution in [2.24, 2.45) is 0 Å². The number of hydrogen-bond acceptors (Lipinski definition) is 5. The summed E-state index contributed by atoms with van der Waals surface area (Å²) in [4.78, 5) is 35.1. The van der Waals surface area contributed by atoms with Crippen LogP contribution < -0.4 is 5.56 Å². The second-order valence-corrected chi connectivity index (χ2v) is 11.6. The summed E-state index contributed by atoms with van der Waals surface area (Å²) < 4.78 is 15.2. The van der Waals surface area contributed by atoms with Gasteiger partial charge in [-0.3, -0.25) is 9.59 Å². The third kappa shape index (κ3) is 9.12. The van der Waals surface area contributed by atoms with Crippen LogP contribution in [0.3, 0.4) is 0 Å². The van der Waals surface area contributed by atoms with Gasteiger partial charge in [-0.1, -0.05) is 98.8 Å². The van der Waals surface area contributed by atoms with Crippen molar-refractivity contribution in [2.45, 2.75) is 58.1 Å². The largest absolute Gasteiger partial charge is 0.336 e. The molecule has 0 radical (unpaired) electrons. The number of carbonyl (C=O) groups excluding carboxylic acids is 1. The second kappa shape index (κ2) is 15.6. The normalized spacial score (nSPS) is 11.2. The fourth-order valence-corrected chi connectivity index (χ4v) is 5.75. The van der Waals surface area contributed by atoms with Crippen LogP contribution in [0.4, 0.5) is 4.39 Å². The number of carbonyl (C=O) groups is 1. The summed E-state index contributed by atoms with van der Waals surface area (Å²) in [6.45, 7) is 12.0. The van der Waals surface area contributed by atoms with E-state index in [2.05, 4.69) is 79.2 Å². The number of nitrogens with zero attached hydrogens (tertiary/aromatic N) is 4. The fraction of sp³-hybridized carbons (Fsp3) is 0.343. The number of likely N-dealkylation sites (N-methyl/N-ethyl adjacent to an activating group) is 1. The SMILES string of the molecule is CCc1cn(CC(=O)N(CCN(CC)CC)Cc2ccc(-c3ccc(C)cc3)cc2)c(SCc2ccc(F)cc2)nc1=O. The molecule has 0 bridgehead atoms. The topological polar surface area (TPSA) is 58.4 Å². The summed E-state index contributed by atoms with van der Waals surface area (Å²) in [5, 5.41) is 0.478. The van der Waals surface area contributed by atoms with Crippen molar-refractivity contribution in [3.05, 3.63) is 117 Å². The lowest BCUT2D eigenvalue weighted by Crippen LogP contribution is -2.40. The summed E-state index contributed by atoms with van der Waals surface area (Å²) in [7, 11) is 0. The predicted octanol–water partition coefficient (Wildman–Crippen LogP) is 6.58. The Morgan fingerprint density at radius 1 is 0.860 bits per heavy atom. The van der Waals surface area contributed by atoms with Crippen LogP contribution in [0, 0.1) is 12.7 Å². The second-order valence-electron chi connectivity index (χ2n) is 10.7. The van der Waals surface area contributed by atoms with Gasteiger partial charge in [0, 0.05) is 37.1 Å². The Morgan fingerprint density at radius 2 is 1.47 bits per heavy atom. The van der Waals surface area contributed by atoms with Gasteiger partial charge in [-0.2, -0.15) is 4.98 Å². The molecule has 0 aliphatic carbocycles. The summed E-state index contributed by atoms with van der Waals surface area (Å²) >= 11 is 1.37. The number of amides is 1. The molecule has 3 aromatic carbocycles. The standard InChI is InChI=1S/C35H41FN4O2S/c1-5-29-23-40(35(37-34(29)42)43-25-28-12-18-32(36)19-13-28)24-33(41)39(21-20-38(6-2)7-3)22-27-10-16-31(17-11-27)30-14-8-26(4)9-15-30/h8-19,23H,5-7,20-22,24-25H2,1-4H3. The van der Waals surface area contributed by atoms with Gasteiger partial charge in [0.25, 0.3) is 5.56 Å². The minimum absolute atomic E-state index is 0.0362. The molecule has 0 saturated carbocycles. The van der Waals surface area contributed by atoms with Crippen molar-refractivity contribution < 1.29 is 9.18 Å². The zero-order chi connectivity index (χ0) is 30.8. The van der Waals surface area contributed by atoms with Gasteiger partial charge in [0.2, 0.25) is 5.91 Å². The van der Waals surface area contributed by atoms with Gasteiger partial charge in [0.15, 0.2) is 5.16 Å². The molecule has 6 nitrogen and oxygen atoms in total. The van der Waals surface area contributed by atoms with E-state index in [1.807, 2.05) is 11.8 Å². The summed E-state index contributed by atoms with van der Waals surface area (Å²) in [6, 6.07) is 23.1. The fourth-order valence-electron chi connectivity index (χ4n) is 4.83. The van der Waals surface area contributed by atoms with Crippen LogP contribution in [0.5, 0.6) is 0 Å². The van der Waals surface area contributed by atoms with E-state index in [9.17, 15) is 14.0 Å². The first-order valence-electron chi connectivity index (χ1n) is 14.9. The molecule has 0 N–H and O–H groups in total. The van der Waals surface area contributed by atoms with Gasteiger partial charge in [-0.05, 0) is 60.8 Å². The number of aromatic nitrogens is 2. The molecule has 0 unspecified atom stereocenters. The summed E-state index contributed by atoms with van der Waals surface area (Å²) in [5.74, 6) is 0.174. The van der Waals surface area contributed by atoms with Gasteiger partial charge in [-0.15, -0.1) is 0 Å². The number of benzene rings is 3. The molecule has 0 saturated heterocycles. The first kappa shape index (κ1) is 32.2. The average molecular weight is 601 g/mol. The molecule has 8 heteroatoms. The molecule has 43 heavy (non-hydrogen) atoms. The van der Waals surface area contributed by atoms with E-state index in [1.54, 1.807) is 22.9 Å². The average Bonchev–Trinajstić information content (AvgIpc) is 3.02. The Kier molecular flexibility index (Phi) is 11.7. The molecule has 0 aliphatic heterocycles. The minimum atomic E-state index is -0.295. The van der Waals surface area contributed by atoms with Gasteiger partial charge in [0.05, 0.1) is 0 Å². The van der Waals surface area contributed by atoms with Crippen LogP contribution in [0.25, 0.3) is 11.1 Å². The summed E-state index contributed by atoms with van der Waals surface area (Å²) in [6.07, 6.45) is 2.29. The van der Waals surface area contributed by atoms with Crippen molar-refractivity contribution in [1.82, 2.24) is 19.4 Å². The summed E-state index contributed by atoms with van der Waals surface area (Å²) in [5.41, 5.74) is 5.78. The molecule has 0 aliphatic rings. The highest BCUT2D eigenvalue weighted by Gasteiger charge is 2.19. The van der Waals surface area contributed by atoms with E-state index in [-0.39, 0.29) is 23.8 Å². The van der Waals surface area contributed by atoms with E-state index in [1.165, 1.54) is 29.5 Å². The Labute approximate surface area is 258 Å². The molecule has 226 valence electrons. The molecular weight excluding hydrogens is 559 g/mol. The molecule has 0 atom stereocenters. The molecule has 4 rings (SSSR count). The molecule has 4 aromatic rings. The molecule has 1 heterocycles. The van der Waals surface area contributed by atoms with Crippen molar-refractivity contribution in [3.8, 4) is 11.1 Å². The van der Waals surface area contributed by atoms with E-state index in [0.717, 1.165) is 41.9 Å². The predicted molar refractivity (Wildman–Crippen MR) is 174 cm³/mol. The smallest absolute Gasteiger partial charge is 0.276 e. The van der Waals surface area contributed by atoms with Crippen LogP contribution in [0.15, 0.2) is 88.9 Å². The van der Waals surface area contributed by atoms with Crippen LogP contribution in [-0.2, 0) is 30.1 Å². The minimum Gasteiger partial charge on any atom is -0.336 e. The Hall–Kier alpha value is -3.75. The Balaban J connectivity index is 1.55. The number of hydrogen-bond donors (Lipinski definition) is 0. The zero-order valence-electron chi connectivity index (χ0n) is 25.6. The first-order chi connectivity index (χ1) is 20.8. The maximum Gasteiger partial charge on any atom is 0.276 e. The van der Waals surface area contributed by atoms with Gasteiger partial charge < -0.3 is 14.4 Å². The van der Waals surface area contributed by atoms with E-state index < -0.39 is 0 Å². The van der Waals surface area contributed by atoms with Crippen LogP contribution in [0.2, 0.25) is 0 Å². The van der Waals surface area contributed by atoms with Crippen molar-refractivity contribution in [2.75, 3.05) is 26.2 Å². The number of aryl methyl sites for hydroxylation is 2. The molecule has 1 amide bonds. The van der Waals surface area contributed by atoms with Crippen molar-refractivity contribution >= 4 is 17.7 Å². The maximum absolute atomic E-state index is 13.9. The quantitative estimate of drug-likeness (QED) is 0.121. The third-order valence-electron chi connectivity index (χ3n) is 7.64. The van der Waals surface area contributed by atoms with Crippen molar-refractivity contribution in [1.29, 1.82) is 0 Å². The van der Waals surface area contributed by atoms with Gasteiger partial charge in [0.1, 0.15) is 12.4 Å². The van der Waals surface area contributed by atoms with E-state index >= 15 is 0 Å². The van der Waals surface area contributed by atoms with Gasteiger partial charge in [-0.25, -0.2) is 4.39 Å². The first-order valence-corrected chi connectivity index (χ1v) is 15.9. The number of rotatable bonds is 14. The number of halogens is 1. The van der Waals surface area contributed by atoms with E-state index in [0.29, 0.717) is 36.0 Å². The molecule has 0 spiro atoms. The Bertz CT molecular complexity index is 1530. The highest BCUT2D eigenvalue weighted by atomic mass is 32.2. The Morgan fingerprint density at radius 3 is 2.07 bits per heavy atom. The third-order valence-corrected chi connectivity index (χ3v) is 8.70. The lowest BCUT2D eigenvalue weighted by Gasteiger charge is -2.27. The highest BCUT2D eigenvalue weighted by molar-refractivity contribution is 7.98. The van der Waals surface area contributed by atoms with Gasteiger partial charge >= 0.3 is 0 Å². The monoisotopic (exact) mass is 600 g/mol. The van der Waals surface area contributed by atoms with Crippen LogP contribution >= 0.6 is 11.8 Å². The lowest BCUT2D eigenvalue weighted by atomic mass is 10.0. The maximum atomic E-state index is 13.9.